The predicted octanol–water partition coefficient (Wildman–Crippen LogP) is 2.69. The van der Waals surface area contributed by atoms with Crippen LogP contribution in [0.2, 0.25) is 0 Å². The number of alkyl carbamates (subject to hydrolysis) is 1. The Morgan fingerprint density at radius 1 is 1.40 bits per heavy atom. The second-order valence-electron chi connectivity index (χ2n) is 5.76. The predicted molar refractivity (Wildman–Crippen MR) is 79.5 cm³/mol. The number of ether oxygens (including phenoxy) is 1. The van der Waals surface area contributed by atoms with E-state index >= 15 is 0 Å². The molecular formula is C15H21N3O2. The van der Waals surface area contributed by atoms with Crippen LogP contribution in [0.4, 0.5) is 4.79 Å². The van der Waals surface area contributed by atoms with Gasteiger partial charge in [-0.3, -0.25) is 0 Å². The maximum atomic E-state index is 11.8. The summed E-state index contributed by atoms with van der Waals surface area (Å²) in [6, 6.07) is 7.67. The van der Waals surface area contributed by atoms with Crippen molar-refractivity contribution in [2.45, 2.75) is 32.4 Å². The molecule has 0 aliphatic carbocycles. The molecule has 0 saturated carbocycles. The lowest BCUT2D eigenvalue weighted by Gasteiger charge is -2.23. The Kier molecular flexibility index (Phi) is 3.99. The highest BCUT2D eigenvalue weighted by atomic mass is 16.6. The SMILES string of the molecule is CC(C)(C)OC(=O)NC(CN)c1ccc2[nH]ccc2c1. The minimum atomic E-state index is -0.520. The number of H-pyrrole nitrogens is 1. The average Bonchev–Trinajstić information content (AvgIpc) is 2.80. The van der Waals surface area contributed by atoms with Gasteiger partial charge in [-0.1, -0.05) is 6.07 Å². The second kappa shape index (κ2) is 5.54. The first-order valence-electron chi connectivity index (χ1n) is 6.65. The summed E-state index contributed by atoms with van der Waals surface area (Å²) in [4.78, 5) is 15.0. The Morgan fingerprint density at radius 2 is 2.15 bits per heavy atom. The Morgan fingerprint density at radius 3 is 2.80 bits per heavy atom. The van der Waals surface area contributed by atoms with E-state index in [2.05, 4.69) is 10.3 Å². The molecule has 20 heavy (non-hydrogen) atoms. The zero-order chi connectivity index (χ0) is 14.8. The monoisotopic (exact) mass is 275 g/mol. The van der Waals surface area contributed by atoms with Crippen LogP contribution in [0.5, 0.6) is 0 Å². The molecule has 1 aromatic heterocycles. The number of amides is 1. The molecule has 5 nitrogen and oxygen atoms in total. The van der Waals surface area contributed by atoms with Gasteiger partial charge in [0.15, 0.2) is 0 Å². The van der Waals surface area contributed by atoms with Crippen molar-refractivity contribution in [1.29, 1.82) is 0 Å². The van der Waals surface area contributed by atoms with Crippen molar-refractivity contribution < 1.29 is 9.53 Å². The van der Waals surface area contributed by atoms with Crippen molar-refractivity contribution in [2.24, 2.45) is 5.73 Å². The van der Waals surface area contributed by atoms with Gasteiger partial charge < -0.3 is 20.8 Å². The summed E-state index contributed by atoms with van der Waals surface area (Å²) in [5.41, 5.74) is 7.26. The number of carbonyl (C=O) groups is 1. The summed E-state index contributed by atoms with van der Waals surface area (Å²) >= 11 is 0. The van der Waals surface area contributed by atoms with Gasteiger partial charge in [-0.15, -0.1) is 0 Å². The molecule has 5 heteroatoms. The number of nitrogens with one attached hydrogen (secondary N) is 2. The third-order valence-electron chi connectivity index (χ3n) is 2.91. The van der Waals surface area contributed by atoms with Crippen LogP contribution in [0, 0.1) is 0 Å². The Hall–Kier alpha value is -2.01. The van der Waals surface area contributed by atoms with E-state index < -0.39 is 11.7 Å². The molecule has 0 saturated heterocycles. The highest BCUT2D eigenvalue weighted by Crippen LogP contribution is 2.19. The first-order valence-corrected chi connectivity index (χ1v) is 6.65. The quantitative estimate of drug-likeness (QED) is 0.805. The number of hydrogen-bond acceptors (Lipinski definition) is 3. The van der Waals surface area contributed by atoms with Crippen LogP contribution in [-0.2, 0) is 4.74 Å². The van der Waals surface area contributed by atoms with Crippen molar-refractivity contribution in [3.05, 3.63) is 36.0 Å². The molecule has 2 aromatic rings. The van der Waals surface area contributed by atoms with Crippen LogP contribution in [-0.4, -0.2) is 23.2 Å². The lowest BCUT2D eigenvalue weighted by atomic mass is 10.1. The third-order valence-corrected chi connectivity index (χ3v) is 2.91. The largest absolute Gasteiger partial charge is 0.444 e. The maximum Gasteiger partial charge on any atom is 0.408 e. The number of carbonyl (C=O) groups excluding carboxylic acids is 1. The molecule has 0 bridgehead atoms. The smallest absolute Gasteiger partial charge is 0.408 e. The van der Waals surface area contributed by atoms with Crippen molar-refractivity contribution in [3.63, 3.8) is 0 Å². The third kappa shape index (κ3) is 3.51. The van der Waals surface area contributed by atoms with E-state index in [-0.39, 0.29) is 6.04 Å². The molecule has 1 heterocycles. The Bertz CT molecular complexity index is 598. The first kappa shape index (κ1) is 14.4. The van der Waals surface area contributed by atoms with Crippen LogP contribution in [0.1, 0.15) is 32.4 Å². The highest BCUT2D eigenvalue weighted by Gasteiger charge is 2.19. The summed E-state index contributed by atoms with van der Waals surface area (Å²) in [5, 5.41) is 3.89. The van der Waals surface area contributed by atoms with Gasteiger partial charge in [0.2, 0.25) is 0 Å². The number of hydrogen-bond donors (Lipinski definition) is 3. The van der Waals surface area contributed by atoms with Gasteiger partial charge in [-0.05, 0) is 49.9 Å². The number of nitrogens with two attached hydrogens (primary N) is 1. The summed E-state index contributed by atoms with van der Waals surface area (Å²) in [6.07, 6.45) is 1.43. The summed E-state index contributed by atoms with van der Waals surface area (Å²) < 4.78 is 5.25. The Labute approximate surface area is 118 Å². The molecular weight excluding hydrogens is 254 g/mol. The van der Waals surface area contributed by atoms with Gasteiger partial charge in [0, 0.05) is 18.3 Å². The second-order valence-corrected chi connectivity index (χ2v) is 5.76. The van der Waals surface area contributed by atoms with E-state index in [9.17, 15) is 4.79 Å². The van der Waals surface area contributed by atoms with Crippen LogP contribution in [0.3, 0.4) is 0 Å². The van der Waals surface area contributed by atoms with Gasteiger partial charge in [-0.2, -0.15) is 0 Å². The van der Waals surface area contributed by atoms with Gasteiger partial charge >= 0.3 is 6.09 Å². The van der Waals surface area contributed by atoms with Crippen LogP contribution >= 0.6 is 0 Å². The van der Waals surface area contributed by atoms with E-state index in [1.54, 1.807) is 0 Å². The molecule has 108 valence electrons. The van der Waals surface area contributed by atoms with E-state index in [1.807, 2.05) is 51.2 Å². The van der Waals surface area contributed by atoms with Crippen molar-refractivity contribution in [1.82, 2.24) is 10.3 Å². The molecule has 2 rings (SSSR count). The van der Waals surface area contributed by atoms with Crippen LogP contribution < -0.4 is 11.1 Å². The molecule has 1 amide bonds. The van der Waals surface area contributed by atoms with Crippen LogP contribution in [0.25, 0.3) is 10.9 Å². The molecule has 1 atom stereocenters. The fourth-order valence-corrected chi connectivity index (χ4v) is 2.02. The van der Waals surface area contributed by atoms with E-state index in [0.717, 1.165) is 16.5 Å². The van der Waals surface area contributed by atoms with Gasteiger partial charge in [0.05, 0.1) is 6.04 Å². The summed E-state index contributed by atoms with van der Waals surface area (Å²) in [6.45, 7) is 5.80. The molecule has 1 aromatic carbocycles. The summed E-state index contributed by atoms with van der Waals surface area (Å²) in [5.74, 6) is 0. The molecule has 0 fully saturated rings. The van der Waals surface area contributed by atoms with Gasteiger partial charge in [0.1, 0.15) is 5.60 Å². The first-order chi connectivity index (χ1) is 9.39. The van der Waals surface area contributed by atoms with Gasteiger partial charge in [-0.25, -0.2) is 4.79 Å². The minimum Gasteiger partial charge on any atom is -0.444 e. The minimum absolute atomic E-state index is 0.260. The Balaban J connectivity index is 2.13. The zero-order valence-electron chi connectivity index (χ0n) is 12.1. The molecule has 0 aliphatic heterocycles. The van der Waals surface area contributed by atoms with Gasteiger partial charge in [0.25, 0.3) is 0 Å². The number of rotatable bonds is 3. The molecule has 0 spiro atoms. The molecule has 1 unspecified atom stereocenters. The maximum absolute atomic E-state index is 11.8. The average molecular weight is 275 g/mol. The van der Waals surface area contributed by atoms with Crippen molar-refractivity contribution in [2.75, 3.05) is 6.54 Å². The van der Waals surface area contributed by atoms with Crippen LogP contribution in [0.15, 0.2) is 30.5 Å². The lowest BCUT2D eigenvalue weighted by Crippen LogP contribution is -2.37. The fraction of sp³-hybridized carbons (Fsp3) is 0.400. The number of aromatic amines is 1. The highest BCUT2D eigenvalue weighted by molar-refractivity contribution is 5.80. The fourth-order valence-electron chi connectivity index (χ4n) is 2.02. The standard InChI is InChI=1S/C15H21N3O2/c1-15(2,3)20-14(19)18-13(9-16)10-4-5-12-11(8-10)6-7-17-12/h4-8,13,17H,9,16H2,1-3H3,(H,18,19). The van der Waals surface area contributed by atoms with E-state index in [4.69, 9.17) is 10.5 Å². The summed E-state index contributed by atoms with van der Waals surface area (Å²) in [7, 11) is 0. The molecule has 0 aliphatic rings. The zero-order valence-corrected chi connectivity index (χ0v) is 12.1. The lowest BCUT2D eigenvalue weighted by molar-refractivity contribution is 0.0505. The molecule has 4 N–H and O–H groups in total. The van der Waals surface area contributed by atoms with E-state index in [0.29, 0.717) is 6.54 Å². The van der Waals surface area contributed by atoms with E-state index in [1.165, 1.54) is 0 Å². The normalized spacial score (nSPS) is 13.2. The molecule has 0 radical (unpaired) electrons. The topological polar surface area (TPSA) is 80.1 Å². The van der Waals surface area contributed by atoms with Crippen molar-refractivity contribution >= 4 is 17.0 Å². The number of aromatic nitrogens is 1. The van der Waals surface area contributed by atoms with Crippen molar-refractivity contribution in [3.8, 4) is 0 Å². The number of fused-ring (bicyclic) bond motifs is 1. The number of benzene rings is 1.